The smallest absolute Gasteiger partial charge is 0.261 e. The van der Waals surface area contributed by atoms with Crippen molar-refractivity contribution in [2.45, 2.75) is 4.90 Å². The molecule has 160 valence electrons. The number of carbonyl (C=O) groups is 1. The third-order valence-corrected chi connectivity index (χ3v) is 6.19. The summed E-state index contributed by atoms with van der Waals surface area (Å²) in [7, 11) is -3.68. The summed E-state index contributed by atoms with van der Waals surface area (Å²) < 4.78 is 32.6. The molecule has 1 fully saturated rings. The maximum absolute atomic E-state index is 12.5. The van der Waals surface area contributed by atoms with Gasteiger partial charge >= 0.3 is 0 Å². The zero-order valence-electron chi connectivity index (χ0n) is 16.7. The predicted molar refractivity (Wildman–Crippen MR) is 119 cm³/mol. The SMILES string of the molecule is O=C(Nc1ccc(N2CCOCC2)nc1)c1ccc(NS(=O)(=O)c2ccccc2)cc1. The Morgan fingerprint density at radius 3 is 2.23 bits per heavy atom. The fourth-order valence-electron chi connectivity index (χ4n) is 3.15. The summed E-state index contributed by atoms with van der Waals surface area (Å²) in [6, 6.07) is 18.0. The number of amides is 1. The molecule has 0 atom stereocenters. The van der Waals surface area contributed by atoms with Crippen LogP contribution in [-0.2, 0) is 14.8 Å². The van der Waals surface area contributed by atoms with Crippen molar-refractivity contribution in [1.82, 2.24) is 4.98 Å². The maximum atomic E-state index is 12.5. The number of aromatic nitrogens is 1. The van der Waals surface area contributed by atoms with Crippen molar-refractivity contribution in [1.29, 1.82) is 0 Å². The van der Waals surface area contributed by atoms with Crippen LogP contribution in [0.25, 0.3) is 0 Å². The van der Waals surface area contributed by atoms with Crippen LogP contribution < -0.4 is 14.9 Å². The predicted octanol–water partition coefficient (Wildman–Crippen LogP) is 2.97. The molecule has 0 spiro atoms. The van der Waals surface area contributed by atoms with Crippen molar-refractivity contribution < 1.29 is 17.9 Å². The highest BCUT2D eigenvalue weighted by molar-refractivity contribution is 7.92. The Balaban J connectivity index is 1.38. The molecule has 1 aliphatic heterocycles. The maximum Gasteiger partial charge on any atom is 0.261 e. The van der Waals surface area contributed by atoms with E-state index in [0.717, 1.165) is 18.9 Å². The second-order valence-electron chi connectivity index (χ2n) is 6.95. The molecule has 8 nitrogen and oxygen atoms in total. The van der Waals surface area contributed by atoms with Gasteiger partial charge in [0.05, 0.1) is 30.0 Å². The molecule has 1 amide bonds. The van der Waals surface area contributed by atoms with Crippen LogP contribution in [0.5, 0.6) is 0 Å². The molecule has 1 saturated heterocycles. The zero-order chi connectivity index (χ0) is 21.7. The van der Waals surface area contributed by atoms with E-state index in [4.69, 9.17) is 4.74 Å². The van der Waals surface area contributed by atoms with E-state index in [9.17, 15) is 13.2 Å². The third-order valence-electron chi connectivity index (χ3n) is 4.79. The molecule has 1 aromatic heterocycles. The van der Waals surface area contributed by atoms with Gasteiger partial charge in [0.25, 0.3) is 15.9 Å². The van der Waals surface area contributed by atoms with Gasteiger partial charge in [0.1, 0.15) is 5.82 Å². The molecule has 1 aliphatic rings. The van der Waals surface area contributed by atoms with Crippen LogP contribution in [0.4, 0.5) is 17.2 Å². The summed E-state index contributed by atoms with van der Waals surface area (Å²) in [6.07, 6.45) is 1.62. The number of rotatable bonds is 6. The molecule has 31 heavy (non-hydrogen) atoms. The van der Waals surface area contributed by atoms with Gasteiger partial charge in [-0.1, -0.05) is 18.2 Å². The van der Waals surface area contributed by atoms with E-state index in [1.807, 2.05) is 6.07 Å². The minimum absolute atomic E-state index is 0.171. The van der Waals surface area contributed by atoms with E-state index < -0.39 is 10.0 Å². The highest BCUT2D eigenvalue weighted by atomic mass is 32.2. The highest BCUT2D eigenvalue weighted by Crippen LogP contribution is 2.19. The quantitative estimate of drug-likeness (QED) is 0.614. The number of nitrogens with zero attached hydrogens (tertiary/aromatic N) is 2. The summed E-state index contributed by atoms with van der Waals surface area (Å²) in [6.45, 7) is 2.94. The van der Waals surface area contributed by atoms with Gasteiger partial charge in [-0.3, -0.25) is 9.52 Å². The standard InChI is InChI=1S/C22H22N4O4S/c27-22(24-19-10-11-21(23-16-19)26-12-14-30-15-13-26)17-6-8-18(9-7-17)25-31(28,29)20-4-2-1-3-5-20/h1-11,16,25H,12-15H2,(H,24,27). The minimum atomic E-state index is -3.68. The Bertz CT molecular complexity index is 1130. The molecule has 2 heterocycles. The number of sulfonamides is 1. The lowest BCUT2D eigenvalue weighted by molar-refractivity contribution is 0.102. The molecule has 2 aromatic carbocycles. The molecule has 9 heteroatoms. The second-order valence-corrected chi connectivity index (χ2v) is 8.64. The van der Waals surface area contributed by atoms with Gasteiger partial charge < -0.3 is 15.0 Å². The summed E-state index contributed by atoms with van der Waals surface area (Å²) >= 11 is 0. The largest absolute Gasteiger partial charge is 0.378 e. The molecule has 0 bridgehead atoms. The van der Waals surface area contributed by atoms with Gasteiger partial charge in [0.2, 0.25) is 0 Å². The Morgan fingerprint density at radius 2 is 1.58 bits per heavy atom. The number of benzene rings is 2. The number of anilines is 3. The van der Waals surface area contributed by atoms with Crippen molar-refractivity contribution in [3.63, 3.8) is 0 Å². The van der Waals surface area contributed by atoms with Crippen LogP contribution in [0.2, 0.25) is 0 Å². The van der Waals surface area contributed by atoms with Crippen molar-refractivity contribution >= 4 is 33.1 Å². The first-order valence-corrected chi connectivity index (χ1v) is 11.3. The van der Waals surface area contributed by atoms with Crippen LogP contribution in [-0.4, -0.2) is 45.6 Å². The molecule has 4 rings (SSSR count). The number of carbonyl (C=O) groups excluding carboxylic acids is 1. The van der Waals surface area contributed by atoms with Crippen molar-refractivity contribution in [2.75, 3.05) is 41.2 Å². The summed E-state index contributed by atoms with van der Waals surface area (Å²) in [5.41, 5.74) is 1.35. The van der Waals surface area contributed by atoms with E-state index in [2.05, 4.69) is 19.9 Å². The average molecular weight is 439 g/mol. The number of nitrogens with one attached hydrogen (secondary N) is 2. The molecule has 0 unspecified atom stereocenters. The fraction of sp³-hybridized carbons (Fsp3) is 0.182. The molecule has 0 saturated carbocycles. The monoisotopic (exact) mass is 438 g/mol. The van der Waals surface area contributed by atoms with Crippen LogP contribution in [0.15, 0.2) is 77.8 Å². The molecule has 2 N–H and O–H groups in total. The molecular formula is C22H22N4O4S. The number of morpholine rings is 1. The Kier molecular flexibility index (Phi) is 6.15. The molecular weight excluding hydrogens is 416 g/mol. The Morgan fingerprint density at radius 1 is 0.903 bits per heavy atom. The molecule has 3 aromatic rings. The zero-order valence-corrected chi connectivity index (χ0v) is 17.5. The number of hydrogen-bond acceptors (Lipinski definition) is 6. The summed E-state index contributed by atoms with van der Waals surface area (Å²) in [5.74, 6) is 0.537. The topological polar surface area (TPSA) is 101 Å². The van der Waals surface area contributed by atoms with Crippen molar-refractivity contribution in [3.8, 4) is 0 Å². The van der Waals surface area contributed by atoms with E-state index >= 15 is 0 Å². The van der Waals surface area contributed by atoms with Crippen LogP contribution >= 0.6 is 0 Å². The van der Waals surface area contributed by atoms with Gasteiger partial charge in [-0.25, -0.2) is 13.4 Å². The fourth-order valence-corrected chi connectivity index (χ4v) is 4.23. The molecule has 0 aliphatic carbocycles. The summed E-state index contributed by atoms with van der Waals surface area (Å²) in [5, 5.41) is 2.80. The van der Waals surface area contributed by atoms with E-state index in [-0.39, 0.29) is 10.8 Å². The van der Waals surface area contributed by atoms with Crippen LogP contribution in [0.1, 0.15) is 10.4 Å². The first kappa shape index (κ1) is 20.8. The normalized spacial score (nSPS) is 14.1. The average Bonchev–Trinajstić information content (AvgIpc) is 2.81. The second kappa shape index (κ2) is 9.15. The Labute approximate surface area is 180 Å². The lowest BCUT2D eigenvalue weighted by Crippen LogP contribution is -2.36. The van der Waals surface area contributed by atoms with Crippen molar-refractivity contribution in [2.24, 2.45) is 0 Å². The highest BCUT2D eigenvalue weighted by Gasteiger charge is 2.15. The van der Waals surface area contributed by atoms with Crippen LogP contribution in [0, 0.1) is 0 Å². The van der Waals surface area contributed by atoms with Crippen LogP contribution in [0.3, 0.4) is 0 Å². The summed E-state index contributed by atoms with van der Waals surface area (Å²) in [4.78, 5) is 19.2. The minimum Gasteiger partial charge on any atom is -0.378 e. The molecule has 0 radical (unpaired) electrons. The van der Waals surface area contributed by atoms with Gasteiger partial charge in [-0.15, -0.1) is 0 Å². The number of pyridine rings is 1. The van der Waals surface area contributed by atoms with E-state index in [1.54, 1.807) is 54.7 Å². The van der Waals surface area contributed by atoms with Gasteiger partial charge in [-0.05, 0) is 48.5 Å². The van der Waals surface area contributed by atoms with E-state index in [0.29, 0.717) is 30.2 Å². The van der Waals surface area contributed by atoms with Gasteiger partial charge in [-0.2, -0.15) is 0 Å². The lowest BCUT2D eigenvalue weighted by Gasteiger charge is -2.27. The third kappa shape index (κ3) is 5.19. The lowest BCUT2D eigenvalue weighted by atomic mass is 10.2. The number of ether oxygens (including phenoxy) is 1. The van der Waals surface area contributed by atoms with E-state index in [1.165, 1.54) is 12.1 Å². The van der Waals surface area contributed by atoms with Gasteiger partial charge in [0, 0.05) is 24.3 Å². The van der Waals surface area contributed by atoms with Gasteiger partial charge in [0.15, 0.2) is 0 Å². The Hall–Kier alpha value is -3.43. The van der Waals surface area contributed by atoms with Crippen molar-refractivity contribution in [3.05, 3.63) is 78.5 Å². The number of hydrogen-bond donors (Lipinski definition) is 2. The first-order valence-electron chi connectivity index (χ1n) is 9.79. The first-order chi connectivity index (χ1) is 15.0.